The molecule has 0 saturated carbocycles. The molecule has 0 aliphatic carbocycles. The standard InChI is InChI=1S/C8H8N2OS/c9-4-2-1-3-8-10-7(5-11)6-12-8/h5-6H,2,4,9H2. The predicted octanol–water partition coefficient (Wildman–Crippen LogP) is 0.656. The van der Waals surface area contributed by atoms with Crippen LogP contribution in [-0.4, -0.2) is 17.8 Å². The smallest absolute Gasteiger partial charge is 0.169 e. The van der Waals surface area contributed by atoms with Crippen molar-refractivity contribution in [3.8, 4) is 11.8 Å². The van der Waals surface area contributed by atoms with Crippen molar-refractivity contribution in [2.24, 2.45) is 5.73 Å². The molecule has 0 saturated heterocycles. The van der Waals surface area contributed by atoms with Crippen molar-refractivity contribution >= 4 is 17.6 Å². The van der Waals surface area contributed by atoms with Crippen molar-refractivity contribution in [3.63, 3.8) is 0 Å². The Balaban J connectivity index is 2.65. The van der Waals surface area contributed by atoms with Gasteiger partial charge in [-0.2, -0.15) is 0 Å². The lowest BCUT2D eigenvalue weighted by molar-refractivity contribution is 0.111. The summed E-state index contributed by atoms with van der Waals surface area (Å²) in [5.74, 6) is 5.66. The normalized spacial score (nSPS) is 8.75. The molecule has 62 valence electrons. The number of hydrogen-bond donors (Lipinski definition) is 1. The van der Waals surface area contributed by atoms with Gasteiger partial charge in [0.15, 0.2) is 11.3 Å². The quantitative estimate of drug-likeness (QED) is 0.537. The van der Waals surface area contributed by atoms with E-state index >= 15 is 0 Å². The van der Waals surface area contributed by atoms with Crippen LogP contribution in [0.3, 0.4) is 0 Å². The zero-order valence-electron chi connectivity index (χ0n) is 6.41. The Hall–Kier alpha value is -1.18. The van der Waals surface area contributed by atoms with E-state index in [0.29, 0.717) is 30.0 Å². The molecule has 0 unspecified atom stereocenters. The van der Waals surface area contributed by atoms with Crippen LogP contribution in [0, 0.1) is 11.8 Å². The first-order chi connectivity index (χ1) is 5.86. The predicted molar refractivity (Wildman–Crippen MR) is 48.1 cm³/mol. The Morgan fingerprint density at radius 1 is 1.75 bits per heavy atom. The number of nitrogens with two attached hydrogens (primary N) is 1. The number of hydrogen-bond acceptors (Lipinski definition) is 4. The van der Waals surface area contributed by atoms with Crippen LogP contribution >= 0.6 is 11.3 Å². The minimum atomic E-state index is 0.442. The van der Waals surface area contributed by atoms with E-state index in [9.17, 15) is 4.79 Å². The molecule has 0 bridgehead atoms. The van der Waals surface area contributed by atoms with E-state index in [1.54, 1.807) is 5.38 Å². The fraction of sp³-hybridized carbons (Fsp3) is 0.250. The Labute approximate surface area is 74.6 Å². The average Bonchev–Trinajstić information content (AvgIpc) is 2.53. The molecule has 4 heteroatoms. The van der Waals surface area contributed by atoms with Gasteiger partial charge in [0, 0.05) is 18.3 Å². The molecule has 1 aromatic rings. The Morgan fingerprint density at radius 3 is 3.17 bits per heavy atom. The summed E-state index contributed by atoms with van der Waals surface area (Å²) >= 11 is 1.37. The van der Waals surface area contributed by atoms with Crippen LogP contribution in [-0.2, 0) is 0 Å². The maximum absolute atomic E-state index is 10.2. The van der Waals surface area contributed by atoms with Crippen molar-refractivity contribution in [1.29, 1.82) is 0 Å². The highest BCUT2D eigenvalue weighted by molar-refractivity contribution is 7.10. The van der Waals surface area contributed by atoms with Crippen molar-refractivity contribution in [2.45, 2.75) is 6.42 Å². The van der Waals surface area contributed by atoms with Crippen LogP contribution in [0.1, 0.15) is 21.9 Å². The number of carbonyl (C=O) groups is 1. The number of aldehydes is 1. The Bertz CT molecular complexity index is 321. The fourth-order valence-corrected chi connectivity index (χ4v) is 1.24. The zero-order valence-corrected chi connectivity index (χ0v) is 7.23. The molecule has 3 nitrogen and oxygen atoms in total. The maximum Gasteiger partial charge on any atom is 0.169 e. The molecule has 0 radical (unpaired) electrons. The molecule has 2 N–H and O–H groups in total. The minimum absolute atomic E-state index is 0.442. The molecule has 0 spiro atoms. The lowest BCUT2D eigenvalue weighted by Crippen LogP contribution is -1.95. The second-order valence-corrected chi connectivity index (χ2v) is 2.89. The van der Waals surface area contributed by atoms with Gasteiger partial charge in [0.05, 0.1) is 0 Å². The van der Waals surface area contributed by atoms with Gasteiger partial charge in [-0.05, 0) is 5.92 Å². The third-order valence-electron chi connectivity index (χ3n) is 1.11. The molecule has 0 amide bonds. The van der Waals surface area contributed by atoms with Crippen LogP contribution < -0.4 is 5.73 Å². The summed E-state index contributed by atoms with van der Waals surface area (Å²) in [5.41, 5.74) is 5.69. The molecule has 12 heavy (non-hydrogen) atoms. The van der Waals surface area contributed by atoms with E-state index in [1.807, 2.05) is 0 Å². The Morgan fingerprint density at radius 2 is 2.58 bits per heavy atom. The third-order valence-corrected chi connectivity index (χ3v) is 1.88. The minimum Gasteiger partial charge on any atom is -0.330 e. The van der Waals surface area contributed by atoms with Crippen LogP contribution in [0.4, 0.5) is 0 Å². The second kappa shape index (κ2) is 4.65. The summed E-state index contributed by atoms with van der Waals surface area (Å²) in [7, 11) is 0. The second-order valence-electron chi connectivity index (χ2n) is 2.04. The lowest BCUT2D eigenvalue weighted by atomic mass is 10.4. The summed E-state index contributed by atoms with van der Waals surface area (Å²) in [6.45, 7) is 0.554. The van der Waals surface area contributed by atoms with Crippen molar-refractivity contribution in [2.75, 3.05) is 6.54 Å². The van der Waals surface area contributed by atoms with E-state index in [-0.39, 0.29) is 0 Å². The summed E-state index contributed by atoms with van der Waals surface area (Å²) in [4.78, 5) is 14.2. The van der Waals surface area contributed by atoms with Crippen molar-refractivity contribution < 1.29 is 4.79 Å². The number of rotatable bonds is 2. The van der Waals surface area contributed by atoms with Gasteiger partial charge >= 0.3 is 0 Å². The fourth-order valence-electron chi connectivity index (χ4n) is 0.608. The third kappa shape index (κ3) is 2.46. The molecule has 0 aliphatic rings. The number of carbonyl (C=O) groups excluding carboxylic acids is 1. The molecule has 1 rings (SSSR count). The van der Waals surface area contributed by atoms with Crippen LogP contribution in [0.25, 0.3) is 0 Å². The van der Waals surface area contributed by atoms with E-state index in [0.717, 1.165) is 0 Å². The van der Waals surface area contributed by atoms with Gasteiger partial charge in [-0.1, -0.05) is 5.92 Å². The van der Waals surface area contributed by atoms with E-state index in [4.69, 9.17) is 5.73 Å². The molecule has 0 aliphatic heterocycles. The monoisotopic (exact) mass is 180 g/mol. The molecule has 0 fully saturated rings. The number of thiazole rings is 1. The van der Waals surface area contributed by atoms with Gasteiger partial charge < -0.3 is 5.73 Å². The molecule has 0 aromatic carbocycles. The molecular weight excluding hydrogens is 172 g/mol. The number of aromatic nitrogens is 1. The van der Waals surface area contributed by atoms with Gasteiger partial charge in [0.1, 0.15) is 5.69 Å². The molecule has 1 heterocycles. The summed E-state index contributed by atoms with van der Waals surface area (Å²) in [6, 6.07) is 0. The summed E-state index contributed by atoms with van der Waals surface area (Å²) in [6.07, 6.45) is 1.38. The van der Waals surface area contributed by atoms with Gasteiger partial charge in [-0.3, -0.25) is 4.79 Å². The van der Waals surface area contributed by atoms with Gasteiger partial charge in [-0.25, -0.2) is 4.98 Å². The van der Waals surface area contributed by atoms with Gasteiger partial charge in [0.2, 0.25) is 0 Å². The maximum atomic E-state index is 10.2. The Kier molecular flexibility index (Phi) is 3.45. The van der Waals surface area contributed by atoms with E-state index < -0.39 is 0 Å². The highest BCUT2D eigenvalue weighted by Gasteiger charge is 1.95. The molecular formula is C8H8N2OS. The number of nitrogens with zero attached hydrogens (tertiary/aromatic N) is 1. The first kappa shape index (κ1) is 8.91. The van der Waals surface area contributed by atoms with Crippen LogP contribution in [0.2, 0.25) is 0 Å². The van der Waals surface area contributed by atoms with Crippen molar-refractivity contribution in [3.05, 3.63) is 16.1 Å². The first-order valence-corrected chi connectivity index (χ1v) is 4.34. The van der Waals surface area contributed by atoms with Gasteiger partial charge in [-0.15, -0.1) is 11.3 Å². The van der Waals surface area contributed by atoms with Crippen LogP contribution in [0.15, 0.2) is 5.38 Å². The van der Waals surface area contributed by atoms with E-state index in [1.165, 1.54) is 11.3 Å². The largest absolute Gasteiger partial charge is 0.330 e. The lowest BCUT2D eigenvalue weighted by Gasteiger charge is -1.77. The molecule has 0 atom stereocenters. The van der Waals surface area contributed by atoms with Crippen LogP contribution in [0.5, 0.6) is 0 Å². The zero-order chi connectivity index (χ0) is 8.81. The highest BCUT2D eigenvalue weighted by atomic mass is 32.1. The average molecular weight is 180 g/mol. The SMILES string of the molecule is NCCC#Cc1nc(C=O)cs1. The molecule has 1 aromatic heterocycles. The first-order valence-electron chi connectivity index (χ1n) is 3.46. The highest BCUT2D eigenvalue weighted by Crippen LogP contribution is 2.05. The summed E-state index contributed by atoms with van der Waals surface area (Å²) < 4.78 is 0. The van der Waals surface area contributed by atoms with E-state index in [2.05, 4.69) is 16.8 Å². The van der Waals surface area contributed by atoms with Crippen molar-refractivity contribution in [1.82, 2.24) is 4.98 Å². The van der Waals surface area contributed by atoms with Gasteiger partial charge in [0.25, 0.3) is 0 Å². The topological polar surface area (TPSA) is 56.0 Å². The summed E-state index contributed by atoms with van der Waals surface area (Å²) in [5, 5.41) is 2.35.